The van der Waals surface area contributed by atoms with Crippen LogP contribution in [0.2, 0.25) is 0 Å². The smallest absolute Gasteiger partial charge is 0.373 e. The summed E-state index contributed by atoms with van der Waals surface area (Å²) in [6.07, 6.45) is 2.08. The summed E-state index contributed by atoms with van der Waals surface area (Å²) in [5.74, 6) is 0.616. The highest BCUT2D eigenvalue weighted by atomic mass is 16.6. The number of rotatable bonds is 6. The number of nitrogens with zero attached hydrogens (tertiary/aromatic N) is 3. The first-order chi connectivity index (χ1) is 10.5. The zero-order valence-electron chi connectivity index (χ0n) is 12.8. The molecule has 7 heteroatoms. The molecule has 0 aliphatic heterocycles. The molecule has 0 fully saturated rings. The van der Waals surface area contributed by atoms with Crippen molar-refractivity contribution in [2.75, 3.05) is 11.9 Å². The van der Waals surface area contributed by atoms with Gasteiger partial charge in [0, 0.05) is 6.54 Å². The van der Waals surface area contributed by atoms with Gasteiger partial charge in [-0.15, -0.1) is 0 Å². The summed E-state index contributed by atoms with van der Waals surface area (Å²) in [5.41, 5.74) is 1.77. The highest BCUT2D eigenvalue weighted by Crippen LogP contribution is 2.34. The summed E-state index contributed by atoms with van der Waals surface area (Å²) in [6.45, 7) is 6.42. The Morgan fingerprint density at radius 2 is 1.91 bits per heavy atom. The van der Waals surface area contributed by atoms with E-state index in [0.29, 0.717) is 12.3 Å². The molecule has 1 aromatic carbocycles. The molecule has 1 heterocycles. The Hall–Kier alpha value is -2.70. The van der Waals surface area contributed by atoms with E-state index < -0.39 is 4.92 Å². The molecule has 0 aliphatic rings. The molecule has 0 aliphatic carbocycles. The van der Waals surface area contributed by atoms with Gasteiger partial charge in [-0.2, -0.15) is 4.98 Å². The summed E-state index contributed by atoms with van der Waals surface area (Å²) in [4.78, 5) is 18.6. The van der Waals surface area contributed by atoms with Gasteiger partial charge in [0.15, 0.2) is 0 Å². The summed E-state index contributed by atoms with van der Waals surface area (Å²) >= 11 is 0. The molecule has 116 valence electrons. The van der Waals surface area contributed by atoms with Gasteiger partial charge in [-0.25, -0.2) is 4.98 Å². The molecule has 2 rings (SSSR count). The summed E-state index contributed by atoms with van der Waals surface area (Å²) in [5, 5.41) is 14.3. The van der Waals surface area contributed by atoms with E-state index in [9.17, 15) is 10.1 Å². The first-order valence-corrected chi connectivity index (χ1v) is 7.00. The van der Waals surface area contributed by atoms with Gasteiger partial charge in [0.25, 0.3) is 0 Å². The van der Waals surface area contributed by atoms with Crippen LogP contribution < -0.4 is 10.1 Å². The van der Waals surface area contributed by atoms with Crippen molar-refractivity contribution in [1.29, 1.82) is 0 Å². The second-order valence-corrected chi connectivity index (χ2v) is 4.99. The van der Waals surface area contributed by atoms with Crippen molar-refractivity contribution in [1.82, 2.24) is 9.97 Å². The van der Waals surface area contributed by atoms with Crippen molar-refractivity contribution >= 4 is 11.5 Å². The molecule has 2 aromatic rings. The van der Waals surface area contributed by atoms with E-state index in [1.807, 2.05) is 26.8 Å². The summed E-state index contributed by atoms with van der Waals surface area (Å²) < 4.78 is 5.62. The molecule has 0 saturated carbocycles. The van der Waals surface area contributed by atoms with Gasteiger partial charge in [0.2, 0.25) is 5.82 Å². The van der Waals surface area contributed by atoms with Crippen molar-refractivity contribution in [3.63, 3.8) is 0 Å². The minimum atomic E-state index is -0.532. The van der Waals surface area contributed by atoms with Crippen LogP contribution in [0.5, 0.6) is 11.6 Å². The van der Waals surface area contributed by atoms with Crippen LogP contribution in [0.15, 0.2) is 24.5 Å². The Labute approximate surface area is 128 Å². The number of aromatic nitrogens is 2. The van der Waals surface area contributed by atoms with E-state index in [1.165, 1.54) is 6.33 Å². The van der Waals surface area contributed by atoms with Crippen molar-refractivity contribution in [3.8, 4) is 11.6 Å². The predicted molar refractivity (Wildman–Crippen MR) is 83.5 cm³/mol. The highest BCUT2D eigenvalue weighted by molar-refractivity contribution is 5.61. The Bertz CT molecular complexity index is 668. The van der Waals surface area contributed by atoms with E-state index >= 15 is 0 Å². The zero-order chi connectivity index (χ0) is 16.1. The number of hydrogen-bond acceptors (Lipinski definition) is 6. The van der Waals surface area contributed by atoms with Crippen LogP contribution >= 0.6 is 0 Å². The van der Waals surface area contributed by atoms with Gasteiger partial charge in [-0.3, -0.25) is 10.1 Å². The Morgan fingerprint density at radius 3 is 2.50 bits per heavy atom. The summed E-state index contributed by atoms with van der Waals surface area (Å²) in [6, 6.07) is 5.60. The zero-order valence-corrected chi connectivity index (χ0v) is 12.8. The van der Waals surface area contributed by atoms with Crippen molar-refractivity contribution in [3.05, 3.63) is 45.8 Å². The molecule has 0 amide bonds. The first kappa shape index (κ1) is 15.7. The lowest BCUT2D eigenvalue weighted by Gasteiger charge is -2.09. The number of ether oxygens (including phenoxy) is 1. The van der Waals surface area contributed by atoms with Crippen molar-refractivity contribution < 1.29 is 9.66 Å². The molecule has 0 spiro atoms. The van der Waals surface area contributed by atoms with Gasteiger partial charge < -0.3 is 10.1 Å². The van der Waals surface area contributed by atoms with Gasteiger partial charge in [-0.05, 0) is 43.5 Å². The fraction of sp³-hybridized carbons (Fsp3) is 0.333. The van der Waals surface area contributed by atoms with E-state index in [4.69, 9.17) is 4.74 Å². The maximum atomic E-state index is 11.3. The maximum Gasteiger partial charge on any atom is 0.373 e. The van der Waals surface area contributed by atoms with Gasteiger partial charge >= 0.3 is 11.6 Å². The number of nitrogens with one attached hydrogen (secondary N) is 1. The van der Waals surface area contributed by atoms with Crippen LogP contribution in [-0.2, 0) is 0 Å². The lowest BCUT2D eigenvalue weighted by atomic mass is 10.1. The van der Waals surface area contributed by atoms with Crippen LogP contribution in [0.3, 0.4) is 0 Å². The Kier molecular flexibility index (Phi) is 4.88. The number of anilines is 1. The monoisotopic (exact) mass is 302 g/mol. The SMILES string of the molecule is CCCNc1ncnc(Oc2cc(C)cc(C)c2)c1[N+](=O)[O-]. The van der Waals surface area contributed by atoms with Gasteiger partial charge in [-0.1, -0.05) is 13.0 Å². The second kappa shape index (κ2) is 6.84. The topological polar surface area (TPSA) is 90.2 Å². The van der Waals surface area contributed by atoms with Crippen LogP contribution in [-0.4, -0.2) is 21.4 Å². The predicted octanol–water partition coefficient (Wildman–Crippen LogP) is 3.62. The minimum absolute atomic E-state index is 0.0661. The van der Waals surface area contributed by atoms with Crippen molar-refractivity contribution in [2.45, 2.75) is 27.2 Å². The quantitative estimate of drug-likeness (QED) is 0.647. The van der Waals surface area contributed by atoms with E-state index in [-0.39, 0.29) is 17.4 Å². The highest BCUT2D eigenvalue weighted by Gasteiger charge is 2.24. The molecule has 1 aromatic heterocycles. The third-order valence-corrected chi connectivity index (χ3v) is 2.92. The Morgan fingerprint density at radius 1 is 1.23 bits per heavy atom. The Balaban J connectivity index is 2.39. The van der Waals surface area contributed by atoms with Gasteiger partial charge in [0.05, 0.1) is 4.92 Å². The standard InChI is InChI=1S/C15H18N4O3/c1-4-5-16-14-13(19(20)21)15(18-9-17-14)22-12-7-10(2)6-11(3)8-12/h6-9H,4-5H2,1-3H3,(H,16,17,18). The number of nitro groups is 1. The number of hydrogen-bond donors (Lipinski definition) is 1. The number of benzene rings is 1. The van der Waals surface area contributed by atoms with E-state index in [0.717, 1.165) is 17.5 Å². The van der Waals surface area contributed by atoms with Crippen LogP contribution in [0, 0.1) is 24.0 Å². The maximum absolute atomic E-state index is 11.3. The lowest BCUT2D eigenvalue weighted by Crippen LogP contribution is -2.07. The molecule has 0 radical (unpaired) electrons. The molecule has 7 nitrogen and oxygen atoms in total. The van der Waals surface area contributed by atoms with Crippen LogP contribution in [0.1, 0.15) is 24.5 Å². The minimum Gasteiger partial charge on any atom is -0.434 e. The second-order valence-electron chi connectivity index (χ2n) is 4.99. The molecule has 22 heavy (non-hydrogen) atoms. The van der Waals surface area contributed by atoms with Crippen molar-refractivity contribution in [2.24, 2.45) is 0 Å². The molecular formula is C15H18N4O3. The van der Waals surface area contributed by atoms with E-state index in [2.05, 4.69) is 15.3 Å². The average molecular weight is 302 g/mol. The van der Waals surface area contributed by atoms with Gasteiger partial charge in [0.1, 0.15) is 12.1 Å². The molecule has 0 unspecified atom stereocenters. The summed E-state index contributed by atoms with van der Waals surface area (Å²) in [7, 11) is 0. The third kappa shape index (κ3) is 3.69. The largest absolute Gasteiger partial charge is 0.434 e. The molecule has 1 N–H and O–H groups in total. The molecule has 0 atom stereocenters. The molecule has 0 saturated heterocycles. The third-order valence-electron chi connectivity index (χ3n) is 2.92. The van der Waals surface area contributed by atoms with Crippen LogP contribution in [0.25, 0.3) is 0 Å². The fourth-order valence-corrected chi connectivity index (χ4v) is 2.08. The molecular weight excluding hydrogens is 284 g/mol. The van der Waals surface area contributed by atoms with Crippen LogP contribution in [0.4, 0.5) is 11.5 Å². The fourth-order valence-electron chi connectivity index (χ4n) is 2.08. The average Bonchev–Trinajstić information content (AvgIpc) is 2.43. The lowest BCUT2D eigenvalue weighted by molar-refractivity contribution is -0.385. The molecule has 0 bridgehead atoms. The normalized spacial score (nSPS) is 10.3. The van der Waals surface area contributed by atoms with E-state index in [1.54, 1.807) is 12.1 Å². The first-order valence-electron chi connectivity index (χ1n) is 7.00. The number of aryl methyl sites for hydroxylation is 2.